The average molecular weight is 444 g/mol. The summed E-state index contributed by atoms with van der Waals surface area (Å²) in [7, 11) is 0. The SMILES string of the molecule is O=C(Nc1ccc(CCc2nc3ccc(C(F)(F)F)cc3[nH]2)cc1)c1ccccc1Cl. The lowest BCUT2D eigenvalue weighted by Crippen LogP contribution is -2.12. The maximum atomic E-state index is 12.9. The van der Waals surface area contributed by atoms with Crippen LogP contribution in [0.3, 0.4) is 0 Å². The number of fused-ring (bicyclic) bond motifs is 1. The molecule has 31 heavy (non-hydrogen) atoms. The van der Waals surface area contributed by atoms with Crippen LogP contribution in [-0.4, -0.2) is 15.9 Å². The number of anilines is 1. The fourth-order valence-corrected chi connectivity index (χ4v) is 3.44. The minimum atomic E-state index is -4.39. The van der Waals surface area contributed by atoms with Crippen molar-refractivity contribution in [3.05, 3.63) is 94.3 Å². The molecule has 0 aliphatic heterocycles. The predicted octanol–water partition coefficient (Wildman–Crippen LogP) is 6.27. The largest absolute Gasteiger partial charge is 0.416 e. The van der Waals surface area contributed by atoms with E-state index in [4.69, 9.17) is 11.6 Å². The van der Waals surface area contributed by atoms with Crippen LogP contribution in [0.4, 0.5) is 18.9 Å². The van der Waals surface area contributed by atoms with Crippen LogP contribution in [0.1, 0.15) is 27.3 Å². The van der Waals surface area contributed by atoms with Gasteiger partial charge in [-0.25, -0.2) is 4.98 Å². The summed E-state index contributed by atoms with van der Waals surface area (Å²) in [5, 5.41) is 3.18. The highest BCUT2D eigenvalue weighted by Gasteiger charge is 2.30. The van der Waals surface area contributed by atoms with E-state index >= 15 is 0 Å². The summed E-state index contributed by atoms with van der Waals surface area (Å²) in [5.74, 6) is 0.323. The molecule has 0 aliphatic rings. The van der Waals surface area contributed by atoms with Crippen LogP contribution >= 0.6 is 11.6 Å². The van der Waals surface area contributed by atoms with Gasteiger partial charge in [0.25, 0.3) is 5.91 Å². The zero-order valence-corrected chi connectivity index (χ0v) is 16.9. The van der Waals surface area contributed by atoms with Crippen molar-refractivity contribution in [1.29, 1.82) is 0 Å². The van der Waals surface area contributed by atoms with E-state index in [1.54, 1.807) is 36.4 Å². The molecule has 4 rings (SSSR count). The van der Waals surface area contributed by atoms with Gasteiger partial charge in [-0.05, 0) is 54.4 Å². The first-order chi connectivity index (χ1) is 14.8. The van der Waals surface area contributed by atoms with Crippen LogP contribution in [0.15, 0.2) is 66.7 Å². The lowest BCUT2D eigenvalue weighted by atomic mass is 10.1. The van der Waals surface area contributed by atoms with Gasteiger partial charge in [0.05, 0.1) is 27.2 Å². The van der Waals surface area contributed by atoms with Gasteiger partial charge in [-0.2, -0.15) is 13.2 Å². The van der Waals surface area contributed by atoms with Crippen molar-refractivity contribution >= 4 is 34.2 Å². The summed E-state index contributed by atoms with van der Waals surface area (Å²) in [6, 6.07) is 17.6. The van der Waals surface area contributed by atoms with Gasteiger partial charge in [0.15, 0.2) is 0 Å². The highest BCUT2D eigenvalue weighted by atomic mass is 35.5. The van der Waals surface area contributed by atoms with E-state index in [0.29, 0.717) is 46.0 Å². The van der Waals surface area contributed by atoms with Gasteiger partial charge in [-0.1, -0.05) is 35.9 Å². The highest BCUT2D eigenvalue weighted by molar-refractivity contribution is 6.34. The first-order valence-electron chi connectivity index (χ1n) is 9.50. The number of nitrogens with one attached hydrogen (secondary N) is 2. The number of imidazole rings is 1. The molecule has 0 unspecified atom stereocenters. The van der Waals surface area contributed by atoms with Crippen LogP contribution in [0, 0.1) is 0 Å². The van der Waals surface area contributed by atoms with Gasteiger partial charge in [-0.15, -0.1) is 0 Å². The Balaban J connectivity index is 1.39. The lowest BCUT2D eigenvalue weighted by molar-refractivity contribution is -0.137. The number of amides is 1. The van der Waals surface area contributed by atoms with E-state index in [-0.39, 0.29) is 5.91 Å². The number of carbonyl (C=O) groups is 1. The number of nitrogens with zero attached hydrogens (tertiary/aromatic N) is 1. The topological polar surface area (TPSA) is 57.8 Å². The van der Waals surface area contributed by atoms with E-state index in [2.05, 4.69) is 15.3 Å². The van der Waals surface area contributed by atoms with Gasteiger partial charge in [0.1, 0.15) is 5.82 Å². The Morgan fingerprint density at radius 1 is 1.00 bits per heavy atom. The molecule has 1 heterocycles. The fraction of sp³-hybridized carbons (Fsp3) is 0.130. The Morgan fingerprint density at radius 3 is 2.45 bits per heavy atom. The van der Waals surface area contributed by atoms with Crippen LogP contribution < -0.4 is 5.32 Å². The molecule has 0 saturated heterocycles. The number of aromatic amines is 1. The summed E-state index contributed by atoms with van der Waals surface area (Å²) in [6.07, 6.45) is -3.20. The Kier molecular flexibility index (Phi) is 5.69. The number of hydrogen-bond donors (Lipinski definition) is 2. The number of aromatic nitrogens is 2. The standard InChI is InChI=1S/C23H17ClF3N3O/c24-18-4-2-1-3-17(18)22(31)28-16-9-5-14(6-10-16)7-12-21-29-19-11-8-15(23(25,26)27)13-20(19)30-21/h1-6,8-11,13H,7,12H2,(H,28,31)(H,29,30). The molecule has 0 fully saturated rings. The van der Waals surface area contributed by atoms with Gasteiger partial charge in [0, 0.05) is 12.1 Å². The van der Waals surface area contributed by atoms with Gasteiger partial charge < -0.3 is 10.3 Å². The molecule has 8 heteroatoms. The average Bonchev–Trinajstić information content (AvgIpc) is 3.15. The van der Waals surface area contributed by atoms with Crippen molar-refractivity contribution in [3.63, 3.8) is 0 Å². The molecular formula is C23H17ClF3N3O. The fourth-order valence-electron chi connectivity index (χ4n) is 3.22. The van der Waals surface area contributed by atoms with Crippen LogP contribution in [0.5, 0.6) is 0 Å². The van der Waals surface area contributed by atoms with Gasteiger partial charge in [-0.3, -0.25) is 4.79 Å². The van der Waals surface area contributed by atoms with E-state index in [9.17, 15) is 18.0 Å². The lowest BCUT2D eigenvalue weighted by Gasteiger charge is -2.07. The van der Waals surface area contributed by atoms with Crippen molar-refractivity contribution in [2.24, 2.45) is 0 Å². The number of hydrogen-bond acceptors (Lipinski definition) is 2. The van der Waals surface area contributed by atoms with E-state index in [0.717, 1.165) is 17.7 Å². The molecule has 0 bridgehead atoms. The number of alkyl halides is 3. The number of halogens is 4. The third-order valence-corrected chi connectivity index (χ3v) is 5.17. The molecule has 0 spiro atoms. The summed E-state index contributed by atoms with van der Waals surface area (Å²) in [6.45, 7) is 0. The maximum Gasteiger partial charge on any atom is 0.416 e. The molecule has 0 atom stereocenters. The van der Waals surface area contributed by atoms with Crippen molar-refractivity contribution in [3.8, 4) is 0 Å². The van der Waals surface area contributed by atoms with E-state index in [1.165, 1.54) is 6.07 Å². The minimum absolute atomic E-state index is 0.293. The molecule has 2 N–H and O–H groups in total. The minimum Gasteiger partial charge on any atom is -0.342 e. The Hall–Kier alpha value is -3.32. The first kappa shape index (κ1) is 20.9. The molecule has 3 aromatic carbocycles. The molecule has 0 saturated carbocycles. The maximum absolute atomic E-state index is 12.9. The van der Waals surface area contributed by atoms with Crippen LogP contribution in [-0.2, 0) is 19.0 Å². The van der Waals surface area contributed by atoms with Crippen molar-refractivity contribution < 1.29 is 18.0 Å². The zero-order valence-electron chi connectivity index (χ0n) is 16.1. The van der Waals surface area contributed by atoms with Gasteiger partial charge in [0.2, 0.25) is 0 Å². The van der Waals surface area contributed by atoms with Crippen molar-refractivity contribution in [2.45, 2.75) is 19.0 Å². The highest BCUT2D eigenvalue weighted by Crippen LogP contribution is 2.31. The number of benzene rings is 3. The summed E-state index contributed by atoms with van der Waals surface area (Å²) in [4.78, 5) is 19.6. The number of carbonyl (C=O) groups excluding carboxylic acids is 1. The monoisotopic (exact) mass is 443 g/mol. The molecular weight excluding hydrogens is 427 g/mol. The Bertz CT molecular complexity index is 1230. The summed E-state index contributed by atoms with van der Waals surface area (Å²) < 4.78 is 38.6. The number of rotatable bonds is 5. The van der Waals surface area contributed by atoms with E-state index in [1.807, 2.05) is 12.1 Å². The summed E-state index contributed by atoms with van der Waals surface area (Å²) >= 11 is 6.04. The van der Waals surface area contributed by atoms with E-state index < -0.39 is 11.7 Å². The predicted molar refractivity (Wildman–Crippen MR) is 114 cm³/mol. The normalized spacial score (nSPS) is 11.6. The third kappa shape index (κ3) is 4.88. The molecule has 1 aromatic heterocycles. The third-order valence-electron chi connectivity index (χ3n) is 4.84. The van der Waals surface area contributed by atoms with Crippen LogP contribution in [0.2, 0.25) is 5.02 Å². The second-order valence-corrected chi connectivity index (χ2v) is 7.45. The molecule has 0 aliphatic carbocycles. The molecule has 4 aromatic rings. The smallest absolute Gasteiger partial charge is 0.342 e. The molecule has 1 amide bonds. The summed E-state index contributed by atoms with van der Waals surface area (Å²) in [5.41, 5.74) is 2.20. The number of H-pyrrole nitrogens is 1. The Labute approximate surface area is 181 Å². The van der Waals surface area contributed by atoms with Crippen molar-refractivity contribution in [1.82, 2.24) is 9.97 Å². The second kappa shape index (κ2) is 8.43. The molecule has 158 valence electrons. The Morgan fingerprint density at radius 2 is 1.74 bits per heavy atom. The van der Waals surface area contributed by atoms with Gasteiger partial charge >= 0.3 is 6.18 Å². The molecule has 0 radical (unpaired) electrons. The second-order valence-electron chi connectivity index (χ2n) is 7.04. The van der Waals surface area contributed by atoms with Crippen molar-refractivity contribution in [2.75, 3.05) is 5.32 Å². The first-order valence-corrected chi connectivity index (χ1v) is 9.88. The molecule has 4 nitrogen and oxygen atoms in total. The number of aryl methyl sites for hydroxylation is 2. The zero-order chi connectivity index (χ0) is 22.0. The van der Waals surface area contributed by atoms with Crippen LogP contribution in [0.25, 0.3) is 11.0 Å². The quantitative estimate of drug-likeness (QED) is 0.382.